The summed E-state index contributed by atoms with van der Waals surface area (Å²) in [5.41, 5.74) is 0.425. The van der Waals surface area contributed by atoms with Gasteiger partial charge in [0, 0.05) is 44.8 Å². The molecular weight excluding hydrogens is 244 g/mol. The Balaban J connectivity index is 1.56. The number of nitrogens with zero attached hydrogens (tertiary/aromatic N) is 3. The summed E-state index contributed by atoms with van der Waals surface area (Å²) in [6, 6.07) is 2.35. The second-order valence-electron chi connectivity index (χ2n) is 5.30. The molecule has 1 unspecified atom stereocenters. The van der Waals surface area contributed by atoms with Crippen molar-refractivity contribution in [3.8, 4) is 0 Å². The van der Waals surface area contributed by atoms with E-state index in [1.165, 1.54) is 6.42 Å². The van der Waals surface area contributed by atoms with Gasteiger partial charge >= 0.3 is 0 Å². The van der Waals surface area contributed by atoms with E-state index < -0.39 is 0 Å². The van der Waals surface area contributed by atoms with Crippen LogP contribution in [0.1, 0.15) is 22.7 Å². The quantitative estimate of drug-likeness (QED) is 0.821. The Labute approximate surface area is 112 Å². The van der Waals surface area contributed by atoms with Crippen LogP contribution in [0.4, 0.5) is 0 Å². The lowest BCUT2D eigenvalue weighted by molar-refractivity contribution is 0.0574. The molecule has 2 saturated heterocycles. The van der Waals surface area contributed by atoms with E-state index in [9.17, 15) is 4.79 Å². The molecule has 1 aromatic heterocycles. The van der Waals surface area contributed by atoms with Gasteiger partial charge in [0.05, 0.1) is 0 Å². The number of aromatic nitrogens is 1. The lowest BCUT2D eigenvalue weighted by atomic mass is 10.2. The average molecular weight is 264 g/mol. The average Bonchev–Trinajstić information content (AvgIpc) is 3.09. The Morgan fingerprint density at radius 2 is 2.21 bits per heavy atom. The van der Waals surface area contributed by atoms with E-state index in [1.54, 1.807) is 13.0 Å². The highest BCUT2D eigenvalue weighted by Crippen LogP contribution is 2.14. The molecule has 6 nitrogen and oxygen atoms in total. The van der Waals surface area contributed by atoms with E-state index in [2.05, 4.69) is 15.4 Å². The first-order chi connectivity index (χ1) is 9.24. The summed E-state index contributed by atoms with van der Waals surface area (Å²) in [5, 5.41) is 7.19. The summed E-state index contributed by atoms with van der Waals surface area (Å²) in [6.07, 6.45) is 1.22. The SMILES string of the molecule is Cc1cc(C(=O)N2CCN(C3CCNC3)CC2)no1. The van der Waals surface area contributed by atoms with Crippen LogP contribution in [-0.2, 0) is 0 Å². The first-order valence-electron chi connectivity index (χ1n) is 6.91. The van der Waals surface area contributed by atoms with Crippen LogP contribution in [0.2, 0.25) is 0 Å². The topological polar surface area (TPSA) is 61.6 Å². The summed E-state index contributed by atoms with van der Waals surface area (Å²) < 4.78 is 4.96. The number of carbonyl (C=O) groups is 1. The van der Waals surface area contributed by atoms with Crippen molar-refractivity contribution in [3.05, 3.63) is 17.5 Å². The minimum atomic E-state index is -0.0129. The van der Waals surface area contributed by atoms with Crippen LogP contribution in [0, 0.1) is 6.92 Å². The van der Waals surface area contributed by atoms with E-state index in [0.717, 1.165) is 39.3 Å². The maximum Gasteiger partial charge on any atom is 0.276 e. The molecule has 2 fully saturated rings. The second-order valence-corrected chi connectivity index (χ2v) is 5.30. The second kappa shape index (κ2) is 5.30. The fourth-order valence-corrected chi connectivity index (χ4v) is 2.87. The summed E-state index contributed by atoms with van der Waals surface area (Å²) in [6.45, 7) is 7.46. The number of aryl methyl sites for hydroxylation is 1. The number of rotatable bonds is 2. The normalized spacial score (nSPS) is 24.9. The largest absolute Gasteiger partial charge is 0.361 e. The van der Waals surface area contributed by atoms with Crippen molar-refractivity contribution >= 4 is 5.91 Å². The molecule has 0 spiro atoms. The molecule has 19 heavy (non-hydrogen) atoms. The van der Waals surface area contributed by atoms with Crippen molar-refractivity contribution in [2.75, 3.05) is 39.3 Å². The third kappa shape index (κ3) is 2.64. The van der Waals surface area contributed by atoms with E-state index in [-0.39, 0.29) is 5.91 Å². The van der Waals surface area contributed by atoms with Crippen molar-refractivity contribution in [2.45, 2.75) is 19.4 Å². The number of amides is 1. The van der Waals surface area contributed by atoms with E-state index in [4.69, 9.17) is 4.52 Å². The Kier molecular flexibility index (Phi) is 3.52. The number of nitrogens with one attached hydrogen (secondary N) is 1. The molecule has 0 radical (unpaired) electrons. The fourth-order valence-electron chi connectivity index (χ4n) is 2.87. The summed E-state index contributed by atoms with van der Waals surface area (Å²) in [7, 11) is 0. The van der Waals surface area contributed by atoms with Crippen LogP contribution in [0.25, 0.3) is 0 Å². The Hall–Kier alpha value is -1.40. The van der Waals surface area contributed by atoms with Gasteiger partial charge in [-0.05, 0) is 19.9 Å². The van der Waals surface area contributed by atoms with Gasteiger partial charge in [-0.3, -0.25) is 9.69 Å². The van der Waals surface area contributed by atoms with Crippen LogP contribution in [-0.4, -0.2) is 66.2 Å². The van der Waals surface area contributed by atoms with Gasteiger partial charge in [-0.1, -0.05) is 5.16 Å². The lowest BCUT2D eigenvalue weighted by Gasteiger charge is -2.37. The molecule has 3 rings (SSSR count). The van der Waals surface area contributed by atoms with Gasteiger partial charge in [-0.25, -0.2) is 0 Å². The molecule has 1 amide bonds. The van der Waals surface area contributed by atoms with Crippen molar-refractivity contribution in [3.63, 3.8) is 0 Å². The van der Waals surface area contributed by atoms with Crippen LogP contribution in [0.5, 0.6) is 0 Å². The standard InChI is InChI=1S/C13H20N4O2/c1-10-8-12(15-19-10)13(18)17-6-4-16(5-7-17)11-2-3-14-9-11/h8,11,14H,2-7,9H2,1H3. The molecule has 104 valence electrons. The van der Waals surface area contributed by atoms with Crippen molar-refractivity contribution in [1.82, 2.24) is 20.3 Å². The van der Waals surface area contributed by atoms with Crippen LogP contribution < -0.4 is 5.32 Å². The van der Waals surface area contributed by atoms with Gasteiger partial charge in [0.1, 0.15) is 5.76 Å². The molecule has 0 bridgehead atoms. The Morgan fingerprint density at radius 3 is 2.79 bits per heavy atom. The first kappa shape index (κ1) is 12.6. The zero-order valence-electron chi connectivity index (χ0n) is 11.3. The summed E-state index contributed by atoms with van der Waals surface area (Å²) in [4.78, 5) is 16.6. The highest BCUT2D eigenvalue weighted by molar-refractivity contribution is 5.92. The smallest absolute Gasteiger partial charge is 0.276 e. The highest BCUT2D eigenvalue weighted by atomic mass is 16.5. The zero-order valence-corrected chi connectivity index (χ0v) is 11.3. The summed E-state index contributed by atoms with van der Waals surface area (Å²) >= 11 is 0. The molecule has 1 aromatic rings. The zero-order chi connectivity index (χ0) is 13.2. The van der Waals surface area contributed by atoms with Crippen LogP contribution in [0.15, 0.2) is 10.6 Å². The van der Waals surface area contributed by atoms with E-state index >= 15 is 0 Å². The number of hydrogen-bond acceptors (Lipinski definition) is 5. The Morgan fingerprint density at radius 1 is 1.42 bits per heavy atom. The Bertz CT molecular complexity index is 445. The van der Waals surface area contributed by atoms with E-state index in [0.29, 0.717) is 17.5 Å². The van der Waals surface area contributed by atoms with Gasteiger partial charge in [0.15, 0.2) is 5.69 Å². The number of carbonyl (C=O) groups excluding carboxylic acids is 1. The van der Waals surface area contributed by atoms with Crippen molar-refractivity contribution in [1.29, 1.82) is 0 Å². The maximum atomic E-state index is 12.2. The monoisotopic (exact) mass is 264 g/mol. The molecule has 2 aliphatic heterocycles. The maximum absolute atomic E-state index is 12.2. The molecule has 6 heteroatoms. The number of piperazine rings is 1. The van der Waals surface area contributed by atoms with Gasteiger partial charge < -0.3 is 14.7 Å². The van der Waals surface area contributed by atoms with Crippen LogP contribution in [0.3, 0.4) is 0 Å². The van der Waals surface area contributed by atoms with Crippen LogP contribution >= 0.6 is 0 Å². The van der Waals surface area contributed by atoms with E-state index in [1.807, 2.05) is 4.90 Å². The predicted molar refractivity (Wildman–Crippen MR) is 70.0 cm³/mol. The third-order valence-electron chi connectivity index (χ3n) is 4.00. The van der Waals surface area contributed by atoms with Crippen molar-refractivity contribution in [2.24, 2.45) is 0 Å². The molecular formula is C13H20N4O2. The van der Waals surface area contributed by atoms with Gasteiger partial charge in [0.2, 0.25) is 0 Å². The highest BCUT2D eigenvalue weighted by Gasteiger charge is 2.28. The molecule has 0 aromatic carbocycles. The molecule has 0 saturated carbocycles. The lowest BCUT2D eigenvalue weighted by Crippen LogP contribution is -2.52. The minimum Gasteiger partial charge on any atom is -0.361 e. The van der Waals surface area contributed by atoms with Gasteiger partial charge in [-0.15, -0.1) is 0 Å². The molecule has 2 aliphatic rings. The number of hydrogen-bond donors (Lipinski definition) is 1. The third-order valence-corrected chi connectivity index (χ3v) is 4.00. The predicted octanol–water partition coefficient (Wildman–Crippen LogP) is 0.103. The first-order valence-corrected chi connectivity index (χ1v) is 6.91. The van der Waals surface area contributed by atoms with Gasteiger partial charge in [0.25, 0.3) is 5.91 Å². The molecule has 1 N–H and O–H groups in total. The molecule has 1 atom stereocenters. The molecule has 0 aliphatic carbocycles. The summed E-state index contributed by atoms with van der Waals surface area (Å²) in [5.74, 6) is 0.667. The molecule has 3 heterocycles. The van der Waals surface area contributed by atoms with Crippen molar-refractivity contribution < 1.29 is 9.32 Å². The minimum absolute atomic E-state index is 0.0129. The fraction of sp³-hybridized carbons (Fsp3) is 0.692. The van der Waals surface area contributed by atoms with Gasteiger partial charge in [-0.2, -0.15) is 0 Å².